The van der Waals surface area contributed by atoms with Gasteiger partial charge in [0.1, 0.15) is 5.82 Å². The summed E-state index contributed by atoms with van der Waals surface area (Å²) in [6.45, 7) is 0.416. The smallest absolute Gasteiger partial charge is 0.238 e. The minimum atomic E-state index is -1.62. The topological polar surface area (TPSA) is 32.3 Å². The Kier molecular flexibility index (Phi) is 5.03. The maximum Gasteiger partial charge on any atom is 0.238 e. The minimum Gasteiger partial charge on any atom is -0.322 e. The van der Waals surface area contributed by atoms with Crippen LogP contribution in [0.1, 0.15) is 18.4 Å². The molecule has 1 fully saturated rings. The summed E-state index contributed by atoms with van der Waals surface area (Å²) in [5.74, 6) is -5.23. The van der Waals surface area contributed by atoms with E-state index in [-0.39, 0.29) is 18.4 Å². The molecule has 1 saturated carbocycles. The first-order valence-electron chi connectivity index (χ1n) is 7.86. The van der Waals surface area contributed by atoms with E-state index in [1.165, 1.54) is 12.1 Å². The molecule has 0 atom stereocenters. The Labute approximate surface area is 142 Å². The zero-order valence-electron chi connectivity index (χ0n) is 13.2. The molecule has 0 saturated heterocycles. The zero-order valence-corrected chi connectivity index (χ0v) is 13.2. The molecule has 2 aromatic rings. The van der Waals surface area contributed by atoms with Crippen molar-refractivity contribution in [3.05, 3.63) is 65.2 Å². The Balaban J connectivity index is 1.65. The third-order valence-electron chi connectivity index (χ3n) is 4.02. The predicted octanol–water partition coefficient (Wildman–Crippen LogP) is 3.85. The highest BCUT2D eigenvalue weighted by molar-refractivity contribution is 5.92. The summed E-state index contributed by atoms with van der Waals surface area (Å²) >= 11 is 0. The van der Waals surface area contributed by atoms with Crippen LogP contribution >= 0.6 is 0 Å². The van der Waals surface area contributed by atoms with Crippen molar-refractivity contribution >= 4 is 11.6 Å². The fourth-order valence-corrected chi connectivity index (χ4v) is 2.57. The number of carbonyl (C=O) groups excluding carboxylic acids is 1. The number of carbonyl (C=O) groups is 1. The highest BCUT2D eigenvalue weighted by Crippen LogP contribution is 2.28. The maximum absolute atomic E-state index is 13.6. The average Bonchev–Trinajstić information content (AvgIpc) is 3.42. The van der Waals surface area contributed by atoms with Crippen LogP contribution in [0.25, 0.3) is 0 Å². The van der Waals surface area contributed by atoms with Gasteiger partial charge >= 0.3 is 0 Å². The Bertz CT molecular complexity index is 775. The largest absolute Gasteiger partial charge is 0.322 e. The molecular weight excluding hydrogens is 336 g/mol. The van der Waals surface area contributed by atoms with Crippen molar-refractivity contribution in [3.63, 3.8) is 0 Å². The van der Waals surface area contributed by atoms with E-state index >= 15 is 0 Å². The fraction of sp³-hybridized carbons (Fsp3) is 0.278. The lowest BCUT2D eigenvalue weighted by molar-refractivity contribution is -0.117. The molecule has 7 heteroatoms. The van der Waals surface area contributed by atoms with E-state index in [2.05, 4.69) is 5.32 Å². The van der Waals surface area contributed by atoms with Gasteiger partial charge in [-0.15, -0.1) is 0 Å². The Morgan fingerprint density at radius 3 is 2.32 bits per heavy atom. The van der Waals surface area contributed by atoms with E-state index in [0.29, 0.717) is 6.54 Å². The summed E-state index contributed by atoms with van der Waals surface area (Å²) in [5.41, 5.74) is 0.446. The van der Waals surface area contributed by atoms with Gasteiger partial charge < -0.3 is 5.32 Å². The second kappa shape index (κ2) is 7.23. The summed E-state index contributed by atoms with van der Waals surface area (Å²) in [7, 11) is 0. The summed E-state index contributed by atoms with van der Waals surface area (Å²) in [4.78, 5) is 14.0. The van der Waals surface area contributed by atoms with Gasteiger partial charge in [-0.2, -0.15) is 0 Å². The first kappa shape index (κ1) is 17.4. The molecule has 3 nitrogen and oxygen atoms in total. The molecule has 2 aromatic carbocycles. The molecule has 0 aliphatic heterocycles. The number of anilines is 1. The molecule has 1 amide bonds. The number of hydrogen-bond acceptors (Lipinski definition) is 2. The molecule has 0 heterocycles. The van der Waals surface area contributed by atoms with Crippen LogP contribution < -0.4 is 5.32 Å². The van der Waals surface area contributed by atoms with Gasteiger partial charge in [0, 0.05) is 12.6 Å². The monoisotopic (exact) mass is 352 g/mol. The van der Waals surface area contributed by atoms with E-state index in [0.717, 1.165) is 30.5 Å². The van der Waals surface area contributed by atoms with E-state index in [4.69, 9.17) is 0 Å². The van der Waals surface area contributed by atoms with E-state index in [1.807, 2.05) is 4.90 Å². The van der Waals surface area contributed by atoms with Crippen molar-refractivity contribution in [1.82, 2.24) is 4.90 Å². The number of hydrogen-bond donors (Lipinski definition) is 1. The normalized spacial score (nSPS) is 14.0. The number of benzene rings is 2. The molecule has 0 aromatic heterocycles. The Morgan fingerprint density at radius 2 is 1.68 bits per heavy atom. The minimum absolute atomic E-state index is 0.0273. The lowest BCUT2D eigenvalue weighted by atomic mass is 10.2. The van der Waals surface area contributed by atoms with E-state index in [9.17, 15) is 22.4 Å². The fourth-order valence-electron chi connectivity index (χ4n) is 2.57. The average molecular weight is 352 g/mol. The first-order chi connectivity index (χ1) is 11.9. The zero-order chi connectivity index (χ0) is 18.0. The standard InChI is InChI=1S/C18H16F4N2O/c19-12-3-1-11(2-4-12)9-24(13-5-6-13)10-16(25)23-15-8-7-14(20)17(21)18(15)22/h1-4,7-8,13H,5-6,9-10H2,(H,23,25). The van der Waals surface area contributed by atoms with Crippen LogP contribution in [-0.2, 0) is 11.3 Å². The second-order valence-corrected chi connectivity index (χ2v) is 6.03. The summed E-state index contributed by atoms with van der Waals surface area (Å²) in [5, 5.41) is 2.26. The molecule has 0 bridgehead atoms. The molecule has 0 radical (unpaired) electrons. The lowest BCUT2D eigenvalue weighted by Crippen LogP contribution is -2.34. The van der Waals surface area contributed by atoms with Crippen molar-refractivity contribution in [2.45, 2.75) is 25.4 Å². The molecule has 1 aliphatic carbocycles. The Morgan fingerprint density at radius 1 is 1.00 bits per heavy atom. The van der Waals surface area contributed by atoms with Crippen molar-refractivity contribution in [2.24, 2.45) is 0 Å². The molecular formula is C18H16F4N2O. The summed E-state index contributed by atoms with van der Waals surface area (Å²) in [6.07, 6.45) is 1.88. The molecule has 1 N–H and O–H groups in total. The van der Waals surface area contributed by atoms with E-state index in [1.54, 1.807) is 12.1 Å². The van der Waals surface area contributed by atoms with Crippen LogP contribution in [0.4, 0.5) is 23.2 Å². The highest BCUT2D eigenvalue weighted by atomic mass is 19.2. The quantitative estimate of drug-likeness (QED) is 0.633. The first-order valence-corrected chi connectivity index (χ1v) is 7.86. The summed E-state index contributed by atoms with van der Waals surface area (Å²) < 4.78 is 52.8. The lowest BCUT2D eigenvalue weighted by Gasteiger charge is -2.21. The van der Waals surface area contributed by atoms with Gasteiger partial charge in [0.15, 0.2) is 17.5 Å². The van der Waals surface area contributed by atoms with Crippen LogP contribution in [0.2, 0.25) is 0 Å². The van der Waals surface area contributed by atoms with Gasteiger partial charge in [0.05, 0.1) is 12.2 Å². The van der Waals surface area contributed by atoms with Gasteiger partial charge in [-0.3, -0.25) is 9.69 Å². The van der Waals surface area contributed by atoms with Crippen LogP contribution in [0, 0.1) is 23.3 Å². The van der Waals surface area contributed by atoms with Crippen LogP contribution in [-0.4, -0.2) is 23.4 Å². The second-order valence-electron chi connectivity index (χ2n) is 6.03. The number of nitrogens with zero attached hydrogens (tertiary/aromatic N) is 1. The van der Waals surface area contributed by atoms with Crippen molar-refractivity contribution in [1.29, 1.82) is 0 Å². The van der Waals surface area contributed by atoms with Crippen molar-refractivity contribution in [3.8, 4) is 0 Å². The molecule has 0 spiro atoms. The number of amides is 1. The molecule has 132 valence electrons. The van der Waals surface area contributed by atoms with Gasteiger partial charge in [-0.25, -0.2) is 17.6 Å². The third kappa shape index (κ3) is 4.36. The molecule has 25 heavy (non-hydrogen) atoms. The summed E-state index contributed by atoms with van der Waals surface area (Å²) in [6, 6.07) is 7.92. The number of nitrogens with one attached hydrogen (secondary N) is 1. The van der Waals surface area contributed by atoms with Gasteiger partial charge in [0.25, 0.3) is 0 Å². The number of rotatable bonds is 6. The number of halogens is 4. The Hall–Kier alpha value is -2.41. The maximum atomic E-state index is 13.6. The van der Waals surface area contributed by atoms with E-state index < -0.39 is 29.0 Å². The van der Waals surface area contributed by atoms with Crippen LogP contribution in [0.15, 0.2) is 36.4 Å². The third-order valence-corrected chi connectivity index (χ3v) is 4.02. The molecule has 1 aliphatic rings. The van der Waals surface area contributed by atoms with Gasteiger partial charge in [-0.05, 0) is 42.7 Å². The van der Waals surface area contributed by atoms with Gasteiger partial charge in [-0.1, -0.05) is 12.1 Å². The van der Waals surface area contributed by atoms with Crippen LogP contribution in [0.3, 0.4) is 0 Å². The van der Waals surface area contributed by atoms with Gasteiger partial charge in [0.2, 0.25) is 5.91 Å². The molecule has 0 unspecified atom stereocenters. The van der Waals surface area contributed by atoms with Crippen LogP contribution in [0.5, 0.6) is 0 Å². The molecule has 3 rings (SSSR count). The highest BCUT2D eigenvalue weighted by Gasteiger charge is 2.30. The predicted molar refractivity (Wildman–Crippen MR) is 84.8 cm³/mol. The van der Waals surface area contributed by atoms with Crippen molar-refractivity contribution < 1.29 is 22.4 Å². The SMILES string of the molecule is O=C(CN(Cc1ccc(F)cc1)C1CC1)Nc1ccc(F)c(F)c1F. The van der Waals surface area contributed by atoms with Crippen molar-refractivity contribution in [2.75, 3.05) is 11.9 Å².